The average Bonchev–Trinajstić information content (AvgIpc) is 2.05. The van der Waals surface area contributed by atoms with E-state index in [-0.39, 0.29) is 51.4 Å². The molecule has 1 fully saturated rings. The van der Waals surface area contributed by atoms with Gasteiger partial charge in [0.1, 0.15) is 0 Å². The van der Waals surface area contributed by atoms with Crippen LogP contribution in [-0.4, -0.2) is 74.8 Å². The first kappa shape index (κ1) is 12.6. The Morgan fingerprint density at radius 3 is 1.27 bits per heavy atom. The quantitative estimate of drug-likeness (QED) is 0.608. The maximum Gasteiger partial charge on any atom is 0.0459 e. The van der Waals surface area contributed by atoms with Gasteiger partial charge in [-0.05, 0) is 37.5 Å². The summed E-state index contributed by atoms with van der Waals surface area (Å²) >= 11 is 0. The van der Waals surface area contributed by atoms with Gasteiger partial charge in [0, 0.05) is 64.6 Å². The first-order valence-electron chi connectivity index (χ1n) is 4.08. The molecule has 2 N–H and O–H groups in total. The van der Waals surface area contributed by atoms with Crippen LogP contribution in [0.3, 0.4) is 0 Å². The van der Waals surface area contributed by atoms with Crippen LogP contribution in [0.25, 0.3) is 0 Å². The van der Waals surface area contributed by atoms with Gasteiger partial charge in [-0.25, -0.2) is 0 Å². The second kappa shape index (κ2) is 7.01. The molecular formula is C8H16KO2. The molecule has 0 unspecified atom stereocenters. The van der Waals surface area contributed by atoms with Gasteiger partial charge in [0.15, 0.2) is 0 Å². The zero-order chi connectivity index (χ0) is 7.40. The topological polar surface area (TPSA) is 40.5 Å². The van der Waals surface area contributed by atoms with Crippen molar-refractivity contribution in [1.82, 2.24) is 0 Å². The van der Waals surface area contributed by atoms with Crippen LogP contribution in [-0.2, 0) is 0 Å². The predicted octanol–water partition coefficient (Wildman–Crippen LogP) is 0.397. The van der Waals surface area contributed by atoms with Crippen molar-refractivity contribution in [2.75, 3.05) is 13.2 Å². The molecule has 0 amide bonds. The second-order valence-corrected chi connectivity index (χ2v) is 3.25. The van der Waals surface area contributed by atoms with E-state index >= 15 is 0 Å². The van der Waals surface area contributed by atoms with Gasteiger partial charge >= 0.3 is 0 Å². The Bertz CT molecular complexity index is 78.1. The summed E-state index contributed by atoms with van der Waals surface area (Å²) in [5.41, 5.74) is 0. The molecule has 0 atom stereocenters. The fraction of sp³-hybridized carbons (Fsp3) is 1.00. The summed E-state index contributed by atoms with van der Waals surface area (Å²) in [6, 6.07) is 0. The van der Waals surface area contributed by atoms with E-state index in [0.717, 1.165) is 25.7 Å². The number of hydrogen-bond acceptors (Lipinski definition) is 2. The molecule has 61 valence electrons. The normalized spacial score (nSPS) is 31.1. The molecular weight excluding hydrogens is 167 g/mol. The minimum absolute atomic E-state index is 0. The van der Waals surface area contributed by atoms with Gasteiger partial charge in [-0.2, -0.15) is 0 Å². The van der Waals surface area contributed by atoms with Crippen LogP contribution in [0.1, 0.15) is 25.7 Å². The van der Waals surface area contributed by atoms with Gasteiger partial charge in [0.05, 0.1) is 0 Å². The molecule has 11 heavy (non-hydrogen) atoms. The van der Waals surface area contributed by atoms with Crippen molar-refractivity contribution in [3.05, 3.63) is 0 Å². The Morgan fingerprint density at radius 1 is 0.818 bits per heavy atom. The van der Waals surface area contributed by atoms with Crippen molar-refractivity contribution in [3.63, 3.8) is 0 Å². The maximum absolute atomic E-state index is 8.79. The molecule has 0 heterocycles. The summed E-state index contributed by atoms with van der Waals surface area (Å²) in [4.78, 5) is 0. The molecule has 1 aliphatic rings. The Balaban J connectivity index is 0.000001000. The van der Waals surface area contributed by atoms with Crippen LogP contribution in [0.4, 0.5) is 0 Å². The van der Waals surface area contributed by atoms with Crippen molar-refractivity contribution >= 4 is 51.4 Å². The van der Waals surface area contributed by atoms with Crippen LogP contribution >= 0.6 is 0 Å². The summed E-state index contributed by atoms with van der Waals surface area (Å²) in [6.07, 6.45) is 4.40. The number of aliphatic hydroxyl groups excluding tert-OH is 2. The van der Waals surface area contributed by atoms with Crippen molar-refractivity contribution in [3.8, 4) is 0 Å². The summed E-state index contributed by atoms with van der Waals surface area (Å²) in [6.45, 7) is 0.663. The van der Waals surface area contributed by atoms with Gasteiger partial charge in [0.2, 0.25) is 0 Å². The van der Waals surface area contributed by atoms with Gasteiger partial charge in [-0.15, -0.1) is 0 Å². The zero-order valence-electron chi connectivity index (χ0n) is 7.29. The summed E-state index contributed by atoms with van der Waals surface area (Å²) in [7, 11) is 0. The standard InChI is InChI=1S/C8H16O2.K/c9-5-7-1-2-8(6-10)4-3-7;/h7-10H,1-6H2;. The SMILES string of the molecule is OCC1CCC(CO)CC1.[K]. The Hall–Kier alpha value is 1.56. The number of rotatable bonds is 2. The van der Waals surface area contributed by atoms with E-state index in [4.69, 9.17) is 10.2 Å². The third-order valence-electron chi connectivity index (χ3n) is 2.48. The minimum Gasteiger partial charge on any atom is -0.396 e. The smallest absolute Gasteiger partial charge is 0.0459 e. The molecule has 3 heteroatoms. The summed E-state index contributed by atoms with van der Waals surface area (Å²) < 4.78 is 0. The largest absolute Gasteiger partial charge is 0.396 e. The Labute approximate surface area is 111 Å². The molecule has 1 saturated carbocycles. The molecule has 0 aliphatic heterocycles. The van der Waals surface area contributed by atoms with E-state index in [1.54, 1.807) is 0 Å². The first-order valence-corrected chi connectivity index (χ1v) is 4.08. The molecule has 1 aliphatic carbocycles. The summed E-state index contributed by atoms with van der Waals surface area (Å²) in [5.74, 6) is 1.03. The van der Waals surface area contributed by atoms with E-state index in [2.05, 4.69) is 0 Å². The summed E-state index contributed by atoms with van der Waals surface area (Å²) in [5, 5.41) is 17.6. The van der Waals surface area contributed by atoms with E-state index in [1.807, 2.05) is 0 Å². The number of hydrogen-bond donors (Lipinski definition) is 2. The molecule has 0 bridgehead atoms. The molecule has 0 aromatic rings. The van der Waals surface area contributed by atoms with Crippen LogP contribution < -0.4 is 0 Å². The fourth-order valence-electron chi connectivity index (χ4n) is 1.60. The van der Waals surface area contributed by atoms with Gasteiger partial charge in [-0.3, -0.25) is 0 Å². The van der Waals surface area contributed by atoms with Crippen LogP contribution in [0.15, 0.2) is 0 Å². The van der Waals surface area contributed by atoms with Gasteiger partial charge in [0.25, 0.3) is 0 Å². The average molecular weight is 183 g/mol. The minimum atomic E-state index is 0. The Morgan fingerprint density at radius 2 is 1.09 bits per heavy atom. The van der Waals surface area contributed by atoms with E-state index in [1.165, 1.54) is 0 Å². The molecule has 0 aromatic heterocycles. The van der Waals surface area contributed by atoms with Gasteiger partial charge < -0.3 is 10.2 Å². The Kier molecular flexibility index (Phi) is 8.00. The monoisotopic (exact) mass is 183 g/mol. The fourth-order valence-corrected chi connectivity index (χ4v) is 1.60. The molecule has 0 aromatic carbocycles. The molecule has 1 rings (SSSR count). The van der Waals surface area contributed by atoms with Crippen molar-refractivity contribution in [1.29, 1.82) is 0 Å². The predicted molar refractivity (Wildman–Crippen MR) is 45.4 cm³/mol. The second-order valence-electron chi connectivity index (χ2n) is 3.25. The number of aliphatic hydroxyl groups is 2. The van der Waals surface area contributed by atoms with Crippen LogP contribution in [0, 0.1) is 11.8 Å². The zero-order valence-corrected chi connectivity index (χ0v) is 10.4. The van der Waals surface area contributed by atoms with Crippen LogP contribution in [0.2, 0.25) is 0 Å². The van der Waals surface area contributed by atoms with Crippen molar-refractivity contribution in [2.45, 2.75) is 25.7 Å². The van der Waals surface area contributed by atoms with Crippen molar-refractivity contribution < 1.29 is 10.2 Å². The van der Waals surface area contributed by atoms with E-state index in [0.29, 0.717) is 25.0 Å². The molecule has 0 saturated heterocycles. The molecule has 0 spiro atoms. The third kappa shape index (κ3) is 4.36. The van der Waals surface area contributed by atoms with Gasteiger partial charge in [-0.1, -0.05) is 0 Å². The maximum atomic E-state index is 8.79. The van der Waals surface area contributed by atoms with E-state index < -0.39 is 0 Å². The molecule has 2 nitrogen and oxygen atoms in total. The molecule has 1 radical (unpaired) electrons. The van der Waals surface area contributed by atoms with Crippen LogP contribution in [0.5, 0.6) is 0 Å². The first-order chi connectivity index (χ1) is 4.86. The van der Waals surface area contributed by atoms with Crippen molar-refractivity contribution in [2.24, 2.45) is 11.8 Å². The van der Waals surface area contributed by atoms with E-state index in [9.17, 15) is 0 Å². The third-order valence-corrected chi connectivity index (χ3v) is 2.48.